The van der Waals surface area contributed by atoms with Gasteiger partial charge < -0.3 is 4.90 Å². The van der Waals surface area contributed by atoms with Crippen LogP contribution < -0.4 is 4.90 Å². The Labute approximate surface area is 171 Å². The van der Waals surface area contributed by atoms with Crippen molar-refractivity contribution in [1.29, 1.82) is 0 Å². The van der Waals surface area contributed by atoms with Crippen LogP contribution in [0.3, 0.4) is 0 Å². The Morgan fingerprint density at radius 2 is 1.66 bits per heavy atom. The summed E-state index contributed by atoms with van der Waals surface area (Å²) >= 11 is 0. The van der Waals surface area contributed by atoms with Crippen LogP contribution in [-0.2, 0) is 12.8 Å². The lowest BCUT2D eigenvalue weighted by atomic mass is 9.78. The van der Waals surface area contributed by atoms with Gasteiger partial charge in [0.05, 0.1) is 0 Å². The van der Waals surface area contributed by atoms with Gasteiger partial charge in [-0.2, -0.15) is 8.97 Å². The number of rotatable bonds is 1. The average Bonchev–Trinajstić information content (AvgIpc) is 3.38. The lowest BCUT2D eigenvalue weighted by Gasteiger charge is -2.32. The van der Waals surface area contributed by atoms with Gasteiger partial charge in [0.1, 0.15) is 0 Å². The second-order valence-corrected chi connectivity index (χ2v) is 8.69. The van der Waals surface area contributed by atoms with E-state index >= 15 is 4.39 Å². The largest absolute Gasteiger partial charge is 0.345 e. The fourth-order valence-electron chi connectivity index (χ4n) is 5.70. The molecule has 0 spiro atoms. The Kier molecular flexibility index (Phi) is 3.97. The first-order valence-corrected chi connectivity index (χ1v) is 11.0. The molecule has 2 aliphatic heterocycles. The van der Waals surface area contributed by atoms with Gasteiger partial charge in [-0.1, -0.05) is 36.4 Å². The first-order valence-electron chi connectivity index (χ1n) is 11.0. The van der Waals surface area contributed by atoms with Crippen molar-refractivity contribution in [2.45, 2.75) is 38.5 Å². The Morgan fingerprint density at radius 3 is 2.59 bits per heavy atom. The molecule has 0 amide bonds. The first kappa shape index (κ1) is 17.2. The summed E-state index contributed by atoms with van der Waals surface area (Å²) in [6, 6.07) is 17.1. The molecule has 2 nitrogen and oxygen atoms in total. The van der Waals surface area contributed by atoms with Crippen LogP contribution in [-0.4, -0.2) is 23.4 Å². The molecule has 0 fully saturated rings. The highest BCUT2D eigenvalue weighted by Gasteiger charge is 2.37. The number of benzene rings is 2. The Balaban J connectivity index is 1.42. The summed E-state index contributed by atoms with van der Waals surface area (Å²) in [5.74, 6) is 0.417. The minimum atomic E-state index is 0.0441. The maximum absolute atomic E-state index is 15.8. The van der Waals surface area contributed by atoms with Crippen LogP contribution in [0.15, 0.2) is 71.7 Å². The summed E-state index contributed by atoms with van der Waals surface area (Å²) in [7, 11) is 0. The molecule has 2 aromatic carbocycles. The van der Waals surface area contributed by atoms with Crippen molar-refractivity contribution in [2.75, 3.05) is 18.0 Å². The van der Waals surface area contributed by atoms with E-state index in [-0.39, 0.29) is 5.83 Å². The van der Waals surface area contributed by atoms with E-state index in [1.54, 1.807) is 0 Å². The third-order valence-corrected chi connectivity index (χ3v) is 7.19. The molecule has 0 N–H and O–H groups in total. The highest BCUT2D eigenvalue weighted by Crippen LogP contribution is 2.42. The second kappa shape index (κ2) is 6.69. The molecule has 3 heteroatoms. The van der Waals surface area contributed by atoms with Crippen LogP contribution in [0, 0.1) is 5.92 Å². The number of anilines is 1. The molecule has 4 aliphatic rings. The predicted octanol–water partition coefficient (Wildman–Crippen LogP) is 5.70. The van der Waals surface area contributed by atoms with Crippen LogP contribution >= 0.6 is 0 Å². The fraction of sp³-hybridized carbons (Fsp3) is 0.346. The SMILES string of the molecule is FC1=C2C=C(N3CCc4ccccc43)CCC2CCC1=[N+]1CCc2ccccc21. The molecule has 6 rings (SSSR count). The highest BCUT2D eigenvalue weighted by molar-refractivity contribution is 5.97. The lowest BCUT2D eigenvalue weighted by molar-refractivity contribution is -0.430. The zero-order valence-electron chi connectivity index (χ0n) is 16.7. The monoisotopic (exact) mass is 385 g/mol. The molecule has 0 bridgehead atoms. The summed E-state index contributed by atoms with van der Waals surface area (Å²) in [5, 5.41) is 0. The fourth-order valence-corrected chi connectivity index (χ4v) is 5.70. The van der Waals surface area contributed by atoms with E-state index in [4.69, 9.17) is 0 Å². The maximum Gasteiger partial charge on any atom is 0.218 e. The molecule has 2 aliphatic carbocycles. The van der Waals surface area contributed by atoms with Gasteiger partial charge in [0.25, 0.3) is 0 Å². The van der Waals surface area contributed by atoms with Gasteiger partial charge >= 0.3 is 0 Å². The quantitative estimate of drug-likeness (QED) is 0.571. The topological polar surface area (TPSA) is 6.25 Å². The molecule has 2 heterocycles. The molecule has 0 saturated carbocycles. The predicted molar refractivity (Wildman–Crippen MR) is 116 cm³/mol. The van der Waals surface area contributed by atoms with Crippen molar-refractivity contribution in [2.24, 2.45) is 5.92 Å². The molecule has 146 valence electrons. The third-order valence-electron chi connectivity index (χ3n) is 7.19. The highest BCUT2D eigenvalue weighted by atomic mass is 19.1. The van der Waals surface area contributed by atoms with Crippen molar-refractivity contribution < 1.29 is 8.97 Å². The first-order chi connectivity index (χ1) is 14.3. The number of fused-ring (bicyclic) bond motifs is 3. The summed E-state index contributed by atoms with van der Waals surface area (Å²) in [6.07, 6.45) is 8.32. The van der Waals surface area contributed by atoms with E-state index in [9.17, 15) is 0 Å². The number of halogens is 1. The Hall–Kier alpha value is -2.68. The molecule has 29 heavy (non-hydrogen) atoms. The van der Waals surface area contributed by atoms with Crippen LogP contribution in [0.4, 0.5) is 15.8 Å². The molecule has 1 atom stereocenters. The van der Waals surface area contributed by atoms with Crippen LogP contribution in [0.2, 0.25) is 0 Å². The number of hydrogen-bond donors (Lipinski definition) is 0. The minimum absolute atomic E-state index is 0.0441. The van der Waals surface area contributed by atoms with E-state index in [1.807, 2.05) is 0 Å². The lowest BCUT2D eigenvalue weighted by Crippen LogP contribution is -2.29. The van der Waals surface area contributed by atoms with Gasteiger partial charge in [-0.05, 0) is 54.9 Å². The minimum Gasteiger partial charge on any atom is -0.345 e. The van der Waals surface area contributed by atoms with Crippen molar-refractivity contribution in [3.63, 3.8) is 0 Å². The van der Waals surface area contributed by atoms with Gasteiger partial charge in [0.15, 0.2) is 12.4 Å². The molecule has 1 unspecified atom stereocenters. The molecular formula is C26H26FN2+. The molecular weight excluding hydrogens is 359 g/mol. The van der Waals surface area contributed by atoms with Gasteiger partial charge in [-0.3, -0.25) is 0 Å². The summed E-state index contributed by atoms with van der Waals surface area (Å²) in [5.41, 5.74) is 8.40. The van der Waals surface area contributed by atoms with Gasteiger partial charge in [-0.15, -0.1) is 0 Å². The summed E-state index contributed by atoms with van der Waals surface area (Å²) < 4.78 is 18.1. The summed E-state index contributed by atoms with van der Waals surface area (Å²) in [6.45, 7) is 1.91. The van der Waals surface area contributed by atoms with Gasteiger partial charge in [0, 0.05) is 42.4 Å². The number of nitrogens with zero attached hydrogens (tertiary/aromatic N) is 2. The van der Waals surface area contributed by atoms with Gasteiger partial charge in [0.2, 0.25) is 11.4 Å². The summed E-state index contributed by atoms with van der Waals surface area (Å²) in [4.78, 5) is 2.42. The maximum atomic E-state index is 15.8. The standard InChI is InChI=1S/C26H26FN2/c27-26-22-17-21(28-15-13-19-5-1-3-7-23(19)28)11-9-18(22)10-12-25(26)29-16-14-20-6-2-4-8-24(20)29/h1-8,17-18H,9-16H2/q+1. The van der Waals surface area contributed by atoms with Crippen LogP contribution in [0.25, 0.3) is 0 Å². The normalized spacial score (nSPS) is 25.6. The average molecular weight is 386 g/mol. The van der Waals surface area contributed by atoms with Crippen molar-refractivity contribution in [3.8, 4) is 0 Å². The number of hydrogen-bond acceptors (Lipinski definition) is 1. The van der Waals surface area contributed by atoms with E-state index < -0.39 is 0 Å². The van der Waals surface area contributed by atoms with Crippen molar-refractivity contribution >= 4 is 17.1 Å². The zero-order valence-corrected chi connectivity index (χ0v) is 16.7. The molecule has 0 radical (unpaired) electrons. The zero-order chi connectivity index (χ0) is 19.4. The molecule has 0 aromatic heterocycles. The van der Waals surface area contributed by atoms with Crippen LogP contribution in [0.1, 0.15) is 36.8 Å². The van der Waals surface area contributed by atoms with Crippen LogP contribution in [0.5, 0.6) is 0 Å². The molecule has 0 saturated heterocycles. The van der Waals surface area contributed by atoms with E-state index in [1.165, 1.54) is 28.2 Å². The smallest absolute Gasteiger partial charge is 0.218 e. The van der Waals surface area contributed by atoms with Crippen molar-refractivity contribution in [3.05, 3.63) is 82.8 Å². The van der Waals surface area contributed by atoms with Gasteiger partial charge in [-0.25, -0.2) is 0 Å². The third kappa shape index (κ3) is 2.71. The Morgan fingerprint density at radius 1 is 0.862 bits per heavy atom. The van der Waals surface area contributed by atoms with E-state index in [2.05, 4.69) is 64.1 Å². The number of allylic oxidation sites excluding steroid dienone is 4. The van der Waals surface area contributed by atoms with E-state index in [0.29, 0.717) is 5.92 Å². The van der Waals surface area contributed by atoms with E-state index in [0.717, 1.165) is 62.9 Å². The molecule has 2 aromatic rings. The number of para-hydroxylation sites is 2. The van der Waals surface area contributed by atoms with Crippen molar-refractivity contribution in [1.82, 2.24) is 0 Å². The Bertz CT molecular complexity index is 1090. The second-order valence-electron chi connectivity index (χ2n) is 8.69.